The van der Waals surface area contributed by atoms with Crippen LogP contribution in [0.2, 0.25) is 0 Å². The molecule has 2 aliphatic rings. The predicted octanol–water partition coefficient (Wildman–Crippen LogP) is 1.19. The van der Waals surface area contributed by atoms with Crippen LogP contribution in [0.3, 0.4) is 0 Å². The van der Waals surface area contributed by atoms with Gasteiger partial charge >= 0.3 is 0 Å². The number of imide groups is 1. The van der Waals surface area contributed by atoms with E-state index in [1.807, 2.05) is 4.90 Å². The molecule has 6 heteroatoms. The van der Waals surface area contributed by atoms with Crippen LogP contribution in [0.25, 0.3) is 0 Å². The number of likely N-dealkylation sites (tertiary alicyclic amines) is 2. The fourth-order valence-electron chi connectivity index (χ4n) is 2.84. The van der Waals surface area contributed by atoms with Crippen LogP contribution in [0.1, 0.15) is 46.0 Å². The van der Waals surface area contributed by atoms with E-state index in [1.54, 1.807) is 0 Å². The van der Waals surface area contributed by atoms with E-state index < -0.39 is 0 Å². The summed E-state index contributed by atoms with van der Waals surface area (Å²) in [5.74, 6) is 0.238. The molecule has 2 saturated heterocycles. The van der Waals surface area contributed by atoms with E-state index in [9.17, 15) is 14.4 Å². The molecule has 0 aromatic rings. The number of amides is 3. The maximum absolute atomic E-state index is 12.2. The molecule has 2 rings (SSSR count). The lowest BCUT2D eigenvalue weighted by atomic mass is 10.1. The van der Waals surface area contributed by atoms with Gasteiger partial charge in [0, 0.05) is 45.5 Å². The van der Waals surface area contributed by atoms with Crippen molar-refractivity contribution in [3.05, 3.63) is 0 Å². The van der Waals surface area contributed by atoms with Crippen LogP contribution in [0, 0.1) is 5.92 Å². The van der Waals surface area contributed by atoms with Crippen molar-refractivity contribution in [1.82, 2.24) is 9.80 Å². The van der Waals surface area contributed by atoms with Gasteiger partial charge in [0.1, 0.15) is 0 Å². The Labute approximate surface area is 131 Å². The molecule has 0 radical (unpaired) electrons. The number of hydrogen-bond acceptors (Lipinski definition) is 4. The average Bonchev–Trinajstić information content (AvgIpc) is 2.82. The van der Waals surface area contributed by atoms with E-state index in [0.29, 0.717) is 19.0 Å². The maximum atomic E-state index is 12.2. The van der Waals surface area contributed by atoms with Gasteiger partial charge < -0.3 is 9.64 Å². The van der Waals surface area contributed by atoms with Crippen LogP contribution in [0.5, 0.6) is 0 Å². The first-order chi connectivity index (χ1) is 10.5. The normalized spacial score (nSPS) is 20.3. The van der Waals surface area contributed by atoms with Crippen LogP contribution in [0.4, 0.5) is 0 Å². The van der Waals surface area contributed by atoms with E-state index in [2.05, 4.69) is 13.8 Å². The standard InChI is InChI=1S/C16H26N2O4/c1-12(2)11-22-13-5-8-17(9-6-13)14(19)7-10-18-15(20)3-4-16(18)21/h12-13H,3-11H2,1-2H3. The Balaban J connectivity index is 1.69. The first-order valence-electron chi connectivity index (χ1n) is 8.20. The quantitative estimate of drug-likeness (QED) is 0.691. The van der Waals surface area contributed by atoms with Crippen molar-refractivity contribution in [2.75, 3.05) is 26.2 Å². The Kier molecular flexibility index (Phi) is 5.94. The smallest absolute Gasteiger partial charge is 0.229 e. The van der Waals surface area contributed by atoms with Gasteiger partial charge in [0.05, 0.1) is 6.10 Å². The highest BCUT2D eigenvalue weighted by Crippen LogP contribution is 2.17. The van der Waals surface area contributed by atoms with Crippen molar-refractivity contribution in [3.63, 3.8) is 0 Å². The first kappa shape index (κ1) is 16.9. The van der Waals surface area contributed by atoms with Crippen LogP contribution < -0.4 is 0 Å². The third kappa shape index (κ3) is 4.53. The molecular weight excluding hydrogens is 284 g/mol. The van der Waals surface area contributed by atoms with Crippen molar-refractivity contribution in [3.8, 4) is 0 Å². The minimum atomic E-state index is -0.154. The largest absolute Gasteiger partial charge is 0.378 e. The molecule has 0 aliphatic carbocycles. The van der Waals surface area contributed by atoms with Gasteiger partial charge in [0.25, 0.3) is 0 Å². The summed E-state index contributed by atoms with van der Waals surface area (Å²) in [6, 6.07) is 0. The number of carbonyl (C=O) groups is 3. The number of rotatable bonds is 6. The lowest BCUT2D eigenvalue weighted by Gasteiger charge is -2.32. The third-order valence-electron chi connectivity index (χ3n) is 4.16. The average molecular weight is 310 g/mol. The van der Waals surface area contributed by atoms with Crippen LogP contribution >= 0.6 is 0 Å². The molecule has 3 amide bonds. The van der Waals surface area contributed by atoms with Gasteiger partial charge in [0.15, 0.2) is 0 Å². The number of nitrogens with zero attached hydrogens (tertiary/aromatic N) is 2. The first-order valence-corrected chi connectivity index (χ1v) is 8.20. The second-order valence-corrected chi connectivity index (χ2v) is 6.50. The summed E-state index contributed by atoms with van der Waals surface area (Å²) >= 11 is 0. The molecule has 2 fully saturated rings. The van der Waals surface area contributed by atoms with Crippen molar-refractivity contribution in [1.29, 1.82) is 0 Å². The molecule has 22 heavy (non-hydrogen) atoms. The van der Waals surface area contributed by atoms with Crippen LogP contribution in [-0.4, -0.2) is 59.9 Å². The Bertz CT molecular complexity index is 412. The maximum Gasteiger partial charge on any atom is 0.229 e. The third-order valence-corrected chi connectivity index (χ3v) is 4.16. The van der Waals surface area contributed by atoms with Gasteiger partial charge in [0.2, 0.25) is 17.7 Å². The van der Waals surface area contributed by atoms with E-state index >= 15 is 0 Å². The summed E-state index contributed by atoms with van der Waals surface area (Å²) in [6.07, 6.45) is 2.76. The highest BCUT2D eigenvalue weighted by Gasteiger charge is 2.30. The van der Waals surface area contributed by atoms with Crippen molar-refractivity contribution in [2.45, 2.75) is 52.1 Å². The molecule has 6 nitrogen and oxygen atoms in total. The lowest BCUT2D eigenvalue weighted by molar-refractivity contribution is -0.140. The van der Waals surface area contributed by atoms with Crippen molar-refractivity contribution >= 4 is 17.7 Å². The highest BCUT2D eigenvalue weighted by molar-refractivity contribution is 6.02. The molecule has 0 unspecified atom stereocenters. The number of ether oxygens (including phenoxy) is 1. The molecular formula is C16H26N2O4. The SMILES string of the molecule is CC(C)COC1CCN(C(=O)CCN2C(=O)CCC2=O)CC1. The second-order valence-electron chi connectivity index (χ2n) is 6.50. The fourth-order valence-corrected chi connectivity index (χ4v) is 2.84. The van der Waals surface area contributed by atoms with Crippen LogP contribution in [-0.2, 0) is 19.1 Å². The molecule has 2 aliphatic heterocycles. The molecule has 0 atom stereocenters. The predicted molar refractivity (Wildman–Crippen MR) is 81.0 cm³/mol. The summed E-state index contributed by atoms with van der Waals surface area (Å²) in [6.45, 7) is 6.63. The molecule has 0 bridgehead atoms. The summed E-state index contributed by atoms with van der Waals surface area (Å²) in [5, 5.41) is 0. The molecule has 0 aromatic heterocycles. The molecule has 0 N–H and O–H groups in total. The molecule has 0 spiro atoms. The zero-order chi connectivity index (χ0) is 16.1. The Morgan fingerprint density at radius 1 is 1.18 bits per heavy atom. The van der Waals surface area contributed by atoms with Crippen molar-refractivity contribution in [2.24, 2.45) is 5.92 Å². The summed E-state index contributed by atoms with van der Waals surface area (Å²) < 4.78 is 5.81. The van der Waals surface area contributed by atoms with Gasteiger partial charge in [-0.05, 0) is 18.8 Å². The Hall–Kier alpha value is -1.43. The monoisotopic (exact) mass is 310 g/mol. The summed E-state index contributed by atoms with van der Waals surface area (Å²) in [5.41, 5.74) is 0. The zero-order valence-corrected chi connectivity index (χ0v) is 13.5. The zero-order valence-electron chi connectivity index (χ0n) is 13.5. The van der Waals surface area contributed by atoms with Gasteiger partial charge in [-0.25, -0.2) is 0 Å². The number of carbonyl (C=O) groups excluding carboxylic acids is 3. The van der Waals surface area contributed by atoms with E-state index in [4.69, 9.17) is 4.74 Å². The Morgan fingerprint density at radius 2 is 1.77 bits per heavy atom. The highest BCUT2D eigenvalue weighted by atomic mass is 16.5. The molecule has 124 valence electrons. The second kappa shape index (κ2) is 7.72. The molecule has 2 heterocycles. The number of piperidine rings is 1. The van der Waals surface area contributed by atoms with Gasteiger partial charge in [-0.1, -0.05) is 13.8 Å². The lowest BCUT2D eigenvalue weighted by Crippen LogP contribution is -2.42. The topological polar surface area (TPSA) is 66.9 Å². The van der Waals surface area contributed by atoms with E-state index in [1.165, 1.54) is 4.90 Å². The molecule has 0 aromatic carbocycles. The fraction of sp³-hybridized carbons (Fsp3) is 0.812. The minimum Gasteiger partial charge on any atom is -0.378 e. The van der Waals surface area contributed by atoms with E-state index in [0.717, 1.165) is 19.4 Å². The summed E-state index contributed by atoms with van der Waals surface area (Å²) in [7, 11) is 0. The van der Waals surface area contributed by atoms with Crippen LogP contribution in [0.15, 0.2) is 0 Å². The van der Waals surface area contributed by atoms with Gasteiger partial charge in [-0.3, -0.25) is 19.3 Å². The van der Waals surface area contributed by atoms with Gasteiger partial charge in [-0.2, -0.15) is 0 Å². The van der Waals surface area contributed by atoms with Crippen molar-refractivity contribution < 1.29 is 19.1 Å². The van der Waals surface area contributed by atoms with E-state index in [-0.39, 0.29) is 49.6 Å². The molecule has 0 saturated carbocycles. The van der Waals surface area contributed by atoms with Gasteiger partial charge in [-0.15, -0.1) is 0 Å². The summed E-state index contributed by atoms with van der Waals surface area (Å²) in [4.78, 5) is 38.2. The number of hydrogen-bond donors (Lipinski definition) is 0. The Morgan fingerprint density at radius 3 is 2.32 bits per heavy atom. The minimum absolute atomic E-state index is 0.0230.